The van der Waals surface area contributed by atoms with Gasteiger partial charge >= 0.3 is 0 Å². The van der Waals surface area contributed by atoms with Gasteiger partial charge in [-0.3, -0.25) is 0 Å². The summed E-state index contributed by atoms with van der Waals surface area (Å²) < 4.78 is 0. The van der Waals surface area contributed by atoms with Crippen LogP contribution in [0.1, 0.15) is 13.8 Å². The first-order chi connectivity index (χ1) is 3.29. The van der Waals surface area contributed by atoms with Gasteiger partial charge in [0.25, 0.3) is 0 Å². The standard InChI is InChI=1S/C5H11NS/c1-4-3-7-5(2)6-4/h4-6H,3H2,1-2H3/t4?,5-/m1/s1. The molecule has 1 unspecified atom stereocenters. The molecule has 1 aliphatic heterocycles. The Bertz CT molecular complexity index is 57.1. The van der Waals surface area contributed by atoms with Gasteiger partial charge in [-0.15, -0.1) is 11.8 Å². The van der Waals surface area contributed by atoms with Crippen LogP contribution in [-0.2, 0) is 0 Å². The Hall–Kier alpha value is 0.310. The molecule has 7 heavy (non-hydrogen) atoms. The van der Waals surface area contributed by atoms with Crippen molar-refractivity contribution in [3.05, 3.63) is 0 Å². The molecular weight excluding hydrogens is 106 g/mol. The van der Waals surface area contributed by atoms with Gasteiger partial charge in [0.2, 0.25) is 0 Å². The Morgan fingerprint density at radius 2 is 2.29 bits per heavy atom. The molecule has 0 amide bonds. The van der Waals surface area contributed by atoms with Gasteiger partial charge in [0, 0.05) is 11.8 Å². The summed E-state index contributed by atoms with van der Waals surface area (Å²) in [5.74, 6) is 1.28. The van der Waals surface area contributed by atoms with Crippen LogP contribution in [0.5, 0.6) is 0 Å². The average molecular weight is 117 g/mol. The Balaban J connectivity index is 2.26. The lowest BCUT2D eigenvalue weighted by atomic mass is 10.4. The third kappa shape index (κ3) is 1.35. The lowest BCUT2D eigenvalue weighted by Gasteiger charge is -2.00. The van der Waals surface area contributed by atoms with Crippen LogP contribution in [-0.4, -0.2) is 17.2 Å². The van der Waals surface area contributed by atoms with E-state index >= 15 is 0 Å². The van der Waals surface area contributed by atoms with E-state index in [4.69, 9.17) is 0 Å². The molecule has 0 bridgehead atoms. The first-order valence-corrected chi connectivity index (χ1v) is 3.71. The monoisotopic (exact) mass is 117 g/mol. The van der Waals surface area contributed by atoms with E-state index in [2.05, 4.69) is 19.2 Å². The zero-order valence-corrected chi connectivity index (χ0v) is 5.59. The highest BCUT2D eigenvalue weighted by Gasteiger charge is 2.14. The molecule has 1 nitrogen and oxygen atoms in total. The summed E-state index contributed by atoms with van der Waals surface area (Å²) in [4.78, 5) is 0. The van der Waals surface area contributed by atoms with Gasteiger partial charge in [-0.05, 0) is 13.8 Å². The molecule has 0 aromatic heterocycles. The van der Waals surface area contributed by atoms with Gasteiger partial charge in [0.05, 0.1) is 5.37 Å². The maximum absolute atomic E-state index is 3.38. The van der Waals surface area contributed by atoms with Crippen molar-refractivity contribution in [2.75, 3.05) is 5.75 Å². The topological polar surface area (TPSA) is 12.0 Å². The lowest BCUT2D eigenvalue weighted by Crippen LogP contribution is -2.24. The van der Waals surface area contributed by atoms with Crippen LogP contribution in [0, 0.1) is 0 Å². The summed E-state index contributed by atoms with van der Waals surface area (Å²) >= 11 is 1.99. The number of nitrogens with one attached hydrogen (secondary N) is 1. The van der Waals surface area contributed by atoms with Crippen molar-refractivity contribution in [1.82, 2.24) is 5.32 Å². The van der Waals surface area contributed by atoms with Crippen LogP contribution in [0.15, 0.2) is 0 Å². The molecule has 1 N–H and O–H groups in total. The molecular formula is C5H11NS. The van der Waals surface area contributed by atoms with Gasteiger partial charge in [0.15, 0.2) is 0 Å². The van der Waals surface area contributed by atoms with Crippen LogP contribution in [0.4, 0.5) is 0 Å². The third-order valence-corrected chi connectivity index (χ3v) is 2.44. The molecule has 42 valence electrons. The normalized spacial score (nSPS) is 42.0. The van der Waals surface area contributed by atoms with Crippen molar-refractivity contribution in [2.45, 2.75) is 25.3 Å². The quantitative estimate of drug-likeness (QED) is 0.509. The molecule has 0 radical (unpaired) electrons. The minimum Gasteiger partial charge on any atom is -0.302 e. The lowest BCUT2D eigenvalue weighted by molar-refractivity contribution is 0.626. The fourth-order valence-corrected chi connectivity index (χ4v) is 1.79. The predicted molar refractivity (Wildman–Crippen MR) is 34.5 cm³/mol. The molecule has 1 aliphatic rings. The Morgan fingerprint density at radius 3 is 2.43 bits per heavy atom. The fraction of sp³-hybridized carbons (Fsp3) is 1.00. The fourth-order valence-electron chi connectivity index (χ4n) is 0.786. The van der Waals surface area contributed by atoms with Crippen LogP contribution in [0.25, 0.3) is 0 Å². The van der Waals surface area contributed by atoms with Gasteiger partial charge in [-0.2, -0.15) is 0 Å². The highest BCUT2D eigenvalue weighted by molar-refractivity contribution is 8.00. The molecule has 0 aromatic carbocycles. The van der Waals surface area contributed by atoms with E-state index in [-0.39, 0.29) is 0 Å². The average Bonchev–Trinajstić information content (AvgIpc) is 1.87. The van der Waals surface area contributed by atoms with E-state index in [1.165, 1.54) is 5.75 Å². The second kappa shape index (κ2) is 2.05. The van der Waals surface area contributed by atoms with Crippen molar-refractivity contribution < 1.29 is 0 Å². The molecule has 0 saturated carbocycles. The van der Waals surface area contributed by atoms with Gasteiger partial charge in [0.1, 0.15) is 0 Å². The largest absolute Gasteiger partial charge is 0.302 e. The Kier molecular flexibility index (Phi) is 1.60. The van der Waals surface area contributed by atoms with Crippen molar-refractivity contribution >= 4 is 11.8 Å². The second-order valence-corrected chi connectivity index (χ2v) is 3.42. The van der Waals surface area contributed by atoms with Crippen LogP contribution in [0.3, 0.4) is 0 Å². The number of thioether (sulfide) groups is 1. The van der Waals surface area contributed by atoms with Crippen LogP contribution in [0.2, 0.25) is 0 Å². The molecule has 0 aromatic rings. The first kappa shape index (κ1) is 5.45. The highest BCUT2D eigenvalue weighted by atomic mass is 32.2. The van der Waals surface area contributed by atoms with Crippen molar-refractivity contribution in [3.63, 3.8) is 0 Å². The third-order valence-electron chi connectivity index (χ3n) is 1.12. The summed E-state index contributed by atoms with van der Waals surface area (Å²) in [6, 6.07) is 0.736. The van der Waals surface area contributed by atoms with Gasteiger partial charge in [-0.25, -0.2) is 0 Å². The molecule has 1 heterocycles. The van der Waals surface area contributed by atoms with E-state index in [0.717, 1.165) is 6.04 Å². The molecule has 0 aliphatic carbocycles. The van der Waals surface area contributed by atoms with E-state index in [9.17, 15) is 0 Å². The molecule has 1 fully saturated rings. The van der Waals surface area contributed by atoms with Crippen LogP contribution >= 0.6 is 11.8 Å². The van der Waals surface area contributed by atoms with E-state index in [1.54, 1.807) is 0 Å². The van der Waals surface area contributed by atoms with E-state index in [0.29, 0.717) is 5.37 Å². The predicted octanol–water partition coefficient (Wildman–Crippen LogP) is 1.06. The molecule has 1 rings (SSSR count). The van der Waals surface area contributed by atoms with Crippen molar-refractivity contribution in [3.8, 4) is 0 Å². The summed E-state index contributed by atoms with van der Waals surface area (Å²) in [5.41, 5.74) is 0. The van der Waals surface area contributed by atoms with Gasteiger partial charge < -0.3 is 5.32 Å². The number of rotatable bonds is 0. The smallest absolute Gasteiger partial charge is 0.0506 e. The number of hydrogen-bond acceptors (Lipinski definition) is 2. The zero-order chi connectivity index (χ0) is 5.28. The summed E-state index contributed by atoms with van der Waals surface area (Å²) in [6.07, 6.45) is 0. The van der Waals surface area contributed by atoms with Gasteiger partial charge in [-0.1, -0.05) is 0 Å². The maximum atomic E-state index is 3.38. The molecule has 1 saturated heterocycles. The summed E-state index contributed by atoms with van der Waals surface area (Å²) in [5, 5.41) is 4.07. The first-order valence-electron chi connectivity index (χ1n) is 2.66. The summed E-state index contributed by atoms with van der Waals surface area (Å²) in [7, 11) is 0. The molecule has 2 heteroatoms. The Morgan fingerprint density at radius 1 is 1.57 bits per heavy atom. The molecule has 2 atom stereocenters. The Labute approximate surface area is 48.9 Å². The SMILES string of the molecule is CC1CS[C@H](C)N1. The molecule has 0 spiro atoms. The van der Waals surface area contributed by atoms with E-state index < -0.39 is 0 Å². The minimum absolute atomic E-state index is 0.690. The van der Waals surface area contributed by atoms with Crippen molar-refractivity contribution in [2.24, 2.45) is 0 Å². The van der Waals surface area contributed by atoms with E-state index in [1.807, 2.05) is 11.8 Å². The zero-order valence-electron chi connectivity index (χ0n) is 4.77. The van der Waals surface area contributed by atoms with Crippen molar-refractivity contribution in [1.29, 1.82) is 0 Å². The maximum Gasteiger partial charge on any atom is 0.0506 e. The minimum atomic E-state index is 0.690. The summed E-state index contributed by atoms with van der Waals surface area (Å²) in [6.45, 7) is 4.42. The number of hydrogen-bond donors (Lipinski definition) is 1. The van der Waals surface area contributed by atoms with Crippen LogP contribution < -0.4 is 5.32 Å². The highest BCUT2D eigenvalue weighted by Crippen LogP contribution is 2.16. The second-order valence-electron chi connectivity index (χ2n) is 2.04.